The van der Waals surface area contributed by atoms with E-state index in [2.05, 4.69) is 0 Å². The topological polar surface area (TPSA) is 66.8 Å². The van der Waals surface area contributed by atoms with Gasteiger partial charge < -0.3 is 9.84 Å². The number of carbonyl (C=O) groups excluding carboxylic acids is 1. The number of hydrogen-bond acceptors (Lipinski definition) is 3. The molecule has 15 heavy (non-hydrogen) atoms. The third-order valence-electron chi connectivity index (χ3n) is 2.32. The number of ether oxygens (including phenoxy) is 1. The molecule has 1 atom stereocenters. The fraction of sp³-hybridized carbons (Fsp3) is 0.800. The quantitative estimate of drug-likeness (QED) is 0.662. The lowest BCUT2D eigenvalue weighted by Gasteiger charge is -2.29. The highest BCUT2D eigenvalue weighted by molar-refractivity contribution is 5.94. The van der Waals surface area contributed by atoms with E-state index in [1.165, 1.54) is 0 Å². The third kappa shape index (κ3) is 2.68. The molecule has 0 aliphatic carbocycles. The average Bonchev–Trinajstić information content (AvgIpc) is 2.25. The number of amides is 2. The van der Waals surface area contributed by atoms with Crippen molar-refractivity contribution >= 4 is 12.0 Å². The lowest BCUT2D eigenvalue weighted by Crippen LogP contribution is -2.47. The van der Waals surface area contributed by atoms with Gasteiger partial charge in [0.25, 0.3) is 5.91 Å². The van der Waals surface area contributed by atoms with Crippen LogP contribution in [-0.2, 0) is 9.53 Å². The summed E-state index contributed by atoms with van der Waals surface area (Å²) in [6, 6.07) is 0. The second kappa shape index (κ2) is 4.18. The summed E-state index contributed by atoms with van der Waals surface area (Å²) in [5, 5.41) is 8.87. The molecule has 86 valence electrons. The summed E-state index contributed by atoms with van der Waals surface area (Å²) >= 11 is 0. The summed E-state index contributed by atoms with van der Waals surface area (Å²) in [7, 11) is 0. The first-order chi connectivity index (χ1) is 6.84. The average molecular weight is 215 g/mol. The van der Waals surface area contributed by atoms with Crippen LogP contribution in [0.25, 0.3) is 0 Å². The number of carbonyl (C=O) groups is 2. The smallest absolute Gasteiger partial charge is 0.414 e. The normalized spacial score (nSPS) is 23.8. The first-order valence-corrected chi connectivity index (χ1v) is 5.00. The number of rotatable bonds is 0. The van der Waals surface area contributed by atoms with Gasteiger partial charge in [0.15, 0.2) is 0 Å². The molecule has 1 fully saturated rings. The Morgan fingerprint density at radius 3 is 2.60 bits per heavy atom. The van der Waals surface area contributed by atoms with Gasteiger partial charge in [-0.25, -0.2) is 9.69 Å². The van der Waals surface area contributed by atoms with Crippen LogP contribution in [0, 0.1) is 5.41 Å². The van der Waals surface area contributed by atoms with E-state index in [0.717, 1.165) is 4.90 Å². The van der Waals surface area contributed by atoms with Gasteiger partial charge in [-0.15, -0.1) is 0 Å². The van der Waals surface area contributed by atoms with E-state index in [0.29, 0.717) is 13.0 Å². The van der Waals surface area contributed by atoms with Gasteiger partial charge >= 0.3 is 6.09 Å². The molecule has 1 aliphatic rings. The van der Waals surface area contributed by atoms with Crippen LogP contribution in [0.3, 0.4) is 0 Å². The molecule has 1 N–H and O–H groups in total. The van der Waals surface area contributed by atoms with Crippen LogP contribution < -0.4 is 0 Å². The summed E-state index contributed by atoms with van der Waals surface area (Å²) in [5.74, 6) is -0.451. The van der Waals surface area contributed by atoms with Crippen molar-refractivity contribution in [3.8, 4) is 0 Å². The standard InChI is InChI=1S/C10H17NO4/c1-10(2,3)7-8(12)11(9(13)14)5-4-6-15-7/h7H,4-6H2,1-3H3,(H,13,14). The molecule has 0 aromatic heterocycles. The SMILES string of the molecule is CC(C)(C)C1OCCCN(C(=O)O)C1=O. The minimum Gasteiger partial charge on any atom is -0.465 e. The Morgan fingerprint density at radius 2 is 2.13 bits per heavy atom. The first kappa shape index (κ1) is 12.0. The number of hydrogen-bond donors (Lipinski definition) is 1. The van der Waals surface area contributed by atoms with Crippen LogP contribution in [0.1, 0.15) is 27.2 Å². The van der Waals surface area contributed by atoms with Gasteiger partial charge in [0.2, 0.25) is 0 Å². The molecular weight excluding hydrogens is 198 g/mol. The molecule has 2 amide bonds. The van der Waals surface area contributed by atoms with Crippen molar-refractivity contribution in [1.82, 2.24) is 4.90 Å². The summed E-state index contributed by atoms with van der Waals surface area (Å²) in [4.78, 5) is 23.5. The fourth-order valence-corrected chi connectivity index (χ4v) is 1.56. The number of nitrogens with zero attached hydrogens (tertiary/aromatic N) is 1. The molecule has 0 aromatic carbocycles. The molecule has 5 nitrogen and oxygen atoms in total. The molecule has 1 heterocycles. The van der Waals surface area contributed by atoms with E-state index in [-0.39, 0.29) is 12.0 Å². The van der Waals surface area contributed by atoms with Crippen molar-refractivity contribution in [2.24, 2.45) is 5.41 Å². The molecule has 0 bridgehead atoms. The maximum absolute atomic E-state index is 11.9. The molecular formula is C10H17NO4. The molecule has 1 saturated heterocycles. The lowest BCUT2D eigenvalue weighted by atomic mass is 9.88. The zero-order valence-electron chi connectivity index (χ0n) is 9.32. The summed E-state index contributed by atoms with van der Waals surface area (Å²) in [5.41, 5.74) is -0.380. The summed E-state index contributed by atoms with van der Waals surface area (Å²) in [6.07, 6.45) is -1.30. The van der Waals surface area contributed by atoms with E-state index in [9.17, 15) is 9.59 Å². The highest BCUT2D eigenvalue weighted by atomic mass is 16.5. The van der Waals surface area contributed by atoms with Crippen LogP contribution in [0.15, 0.2) is 0 Å². The van der Waals surface area contributed by atoms with Crippen LogP contribution in [0.4, 0.5) is 4.79 Å². The number of carboxylic acid groups (broad SMARTS) is 1. The maximum Gasteiger partial charge on any atom is 0.414 e. The highest BCUT2D eigenvalue weighted by Gasteiger charge is 2.39. The lowest BCUT2D eigenvalue weighted by molar-refractivity contribution is -0.145. The molecule has 1 aliphatic heterocycles. The summed E-state index contributed by atoms with van der Waals surface area (Å²) < 4.78 is 5.41. The molecule has 0 spiro atoms. The first-order valence-electron chi connectivity index (χ1n) is 5.00. The van der Waals surface area contributed by atoms with E-state index < -0.39 is 18.1 Å². The largest absolute Gasteiger partial charge is 0.465 e. The summed E-state index contributed by atoms with van der Waals surface area (Å²) in [6.45, 7) is 6.24. The van der Waals surface area contributed by atoms with E-state index >= 15 is 0 Å². The second-order valence-electron chi connectivity index (χ2n) is 4.74. The Morgan fingerprint density at radius 1 is 1.53 bits per heavy atom. The third-order valence-corrected chi connectivity index (χ3v) is 2.32. The zero-order chi connectivity index (χ0) is 11.6. The van der Waals surface area contributed by atoms with Gasteiger partial charge in [0, 0.05) is 13.2 Å². The van der Waals surface area contributed by atoms with Gasteiger partial charge in [0.1, 0.15) is 6.10 Å². The Balaban J connectivity index is 2.89. The molecule has 1 rings (SSSR count). The monoisotopic (exact) mass is 215 g/mol. The van der Waals surface area contributed by atoms with Crippen molar-refractivity contribution < 1.29 is 19.4 Å². The van der Waals surface area contributed by atoms with Gasteiger partial charge in [-0.05, 0) is 11.8 Å². The minimum absolute atomic E-state index is 0.223. The molecule has 0 saturated carbocycles. The maximum atomic E-state index is 11.9. The van der Waals surface area contributed by atoms with Crippen molar-refractivity contribution in [1.29, 1.82) is 0 Å². The van der Waals surface area contributed by atoms with Crippen molar-refractivity contribution in [3.63, 3.8) is 0 Å². The Kier molecular flexibility index (Phi) is 3.34. The van der Waals surface area contributed by atoms with E-state index in [1.54, 1.807) is 0 Å². The molecule has 1 unspecified atom stereocenters. The van der Waals surface area contributed by atoms with Gasteiger partial charge in [-0.1, -0.05) is 20.8 Å². The van der Waals surface area contributed by atoms with Crippen LogP contribution in [-0.4, -0.2) is 41.3 Å². The molecule has 5 heteroatoms. The predicted octanol–water partition coefficient (Wildman–Crippen LogP) is 1.33. The van der Waals surface area contributed by atoms with Gasteiger partial charge in [0.05, 0.1) is 0 Å². The molecule has 0 aromatic rings. The zero-order valence-corrected chi connectivity index (χ0v) is 9.32. The van der Waals surface area contributed by atoms with Crippen molar-refractivity contribution in [2.75, 3.05) is 13.2 Å². The predicted molar refractivity (Wildman–Crippen MR) is 53.5 cm³/mol. The highest BCUT2D eigenvalue weighted by Crippen LogP contribution is 2.26. The minimum atomic E-state index is -1.19. The second-order valence-corrected chi connectivity index (χ2v) is 4.74. The Labute approximate surface area is 89.0 Å². The number of imide groups is 1. The van der Waals surface area contributed by atoms with Crippen LogP contribution in [0.5, 0.6) is 0 Å². The van der Waals surface area contributed by atoms with Crippen LogP contribution in [0.2, 0.25) is 0 Å². The Hall–Kier alpha value is -1.10. The van der Waals surface area contributed by atoms with Gasteiger partial charge in [-0.2, -0.15) is 0 Å². The van der Waals surface area contributed by atoms with Crippen molar-refractivity contribution in [2.45, 2.75) is 33.3 Å². The molecule has 0 radical (unpaired) electrons. The van der Waals surface area contributed by atoms with E-state index in [1.807, 2.05) is 20.8 Å². The fourth-order valence-electron chi connectivity index (χ4n) is 1.56. The van der Waals surface area contributed by atoms with Crippen LogP contribution >= 0.6 is 0 Å². The van der Waals surface area contributed by atoms with Crippen molar-refractivity contribution in [3.05, 3.63) is 0 Å². The van der Waals surface area contributed by atoms with Gasteiger partial charge in [-0.3, -0.25) is 4.79 Å². The van der Waals surface area contributed by atoms with E-state index in [4.69, 9.17) is 9.84 Å². The Bertz CT molecular complexity index is 269.